The van der Waals surface area contributed by atoms with Gasteiger partial charge in [-0.1, -0.05) is 6.07 Å². The number of nitrogens with one attached hydrogen (secondary N) is 2. The van der Waals surface area contributed by atoms with Crippen molar-refractivity contribution in [2.24, 2.45) is 17.3 Å². The Hall–Kier alpha value is -2.40. The van der Waals surface area contributed by atoms with Crippen LogP contribution in [0, 0.1) is 17.3 Å². The van der Waals surface area contributed by atoms with Crippen LogP contribution in [0.1, 0.15) is 56.2 Å². The molecule has 11 heteroatoms. The zero-order valence-electron chi connectivity index (χ0n) is 20.1. The third kappa shape index (κ3) is 5.61. The molecule has 3 heterocycles. The van der Waals surface area contributed by atoms with Crippen molar-refractivity contribution in [2.45, 2.75) is 76.1 Å². The highest BCUT2D eigenvalue weighted by atomic mass is 19.4. The first-order valence-corrected chi connectivity index (χ1v) is 12.7. The molecule has 4 N–H and O–H groups in total. The number of carbonyl (C=O) groups excluding carboxylic acids is 1. The second kappa shape index (κ2) is 10.9. The van der Waals surface area contributed by atoms with E-state index in [0.29, 0.717) is 5.92 Å². The molecule has 200 valence electrons. The van der Waals surface area contributed by atoms with Crippen LogP contribution in [0.4, 0.5) is 19.0 Å². The summed E-state index contributed by atoms with van der Waals surface area (Å²) in [6.07, 6.45) is -1.74. The number of carboxylic acid groups (broad SMARTS) is 1. The number of hydrogen-bond donors (Lipinski definition) is 4. The fourth-order valence-corrected chi connectivity index (χ4v) is 5.65. The number of amides is 1. The summed E-state index contributed by atoms with van der Waals surface area (Å²) >= 11 is 0. The zero-order chi connectivity index (χ0) is 25.9. The summed E-state index contributed by atoms with van der Waals surface area (Å²) in [5, 5.41) is 23.6. The lowest BCUT2D eigenvalue weighted by molar-refractivity contribution is -0.254. The summed E-state index contributed by atoms with van der Waals surface area (Å²) in [6, 6.07) is 2.58. The van der Waals surface area contributed by atoms with E-state index in [1.165, 1.54) is 5.56 Å². The van der Waals surface area contributed by atoms with Gasteiger partial charge in [0.05, 0.1) is 6.10 Å². The van der Waals surface area contributed by atoms with Crippen molar-refractivity contribution in [2.75, 3.05) is 25.1 Å². The molecule has 1 aromatic rings. The van der Waals surface area contributed by atoms with E-state index in [1.807, 2.05) is 11.4 Å². The molecule has 3 aliphatic rings. The van der Waals surface area contributed by atoms with Crippen LogP contribution in [0.25, 0.3) is 0 Å². The lowest BCUT2D eigenvalue weighted by atomic mass is 9.65. The Balaban J connectivity index is 1.34. The Kier molecular flexibility index (Phi) is 8.09. The lowest BCUT2D eigenvalue weighted by Crippen LogP contribution is -2.59. The van der Waals surface area contributed by atoms with Gasteiger partial charge in [0.2, 0.25) is 5.91 Å². The van der Waals surface area contributed by atoms with Gasteiger partial charge in [0, 0.05) is 31.9 Å². The van der Waals surface area contributed by atoms with Crippen LogP contribution in [0.5, 0.6) is 0 Å². The van der Waals surface area contributed by atoms with E-state index in [4.69, 9.17) is 14.8 Å². The first-order valence-electron chi connectivity index (χ1n) is 12.7. The number of nitrogens with zero attached hydrogens (tertiary/aromatic N) is 1. The van der Waals surface area contributed by atoms with Gasteiger partial charge < -0.3 is 25.6 Å². The molecule has 1 aromatic heterocycles. The molecule has 36 heavy (non-hydrogen) atoms. The van der Waals surface area contributed by atoms with E-state index in [-0.39, 0.29) is 18.9 Å². The SMILES string of the molecule is O=C(O)C(CCO)NC(=O)C1(C(F)(F)F)CCOC(C2CC(CCc3ccc4c(n3)NCCC4)C2)C1. The molecular weight excluding hydrogens is 479 g/mol. The molecule has 4 rings (SSSR count). The Morgan fingerprint density at radius 1 is 1.31 bits per heavy atom. The maximum atomic E-state index is 14.2. The molecule has 0 spiro atoms. The summed E-state index contributed by atoms with van der Waals surface area (Å²) in [5.74, 6) is -1.60. The molecule has 8 nitrogen and oxygen atoms in total. The van der Waals surface area contributed by atoms with Gasteiger partial charge in [0.15, 0.2) is 0 Å². The first kappa shape index (κ1) is 26.7. The number of hydrogen-bond acceptors (Lipinski definition) is 6. The van der Waals surface area contributed by atoms with E-state index in [2.05, 4.69) is 11.4 Å². The van der Waals surface area contributed by atoms with Crippen molar-refractivity contribution in [3.05, 3.63) is 23.4 Å². The second-order valence-corrected chi connectivity index (χ2v) is 10.3. The fourth-order valence-electron chi connectivity index (χ4n) is 5.65. The normalized spacial score (nSPS) is 28.8. The molecule has 1 aliphatic carbocycles. The average Bonchev–Trinajstić information content (AvgIpc) is 2.82. The number of carbonyl (C=O) groups is 2. The van der Waals surface area contributed by atoms with Crippen molar-refractivity contribution in [3.8, 4) is 0 Å². The van der Waals surface area contributed by atoms with Crippen LogP contribution in [0.3, 0.4) is 0 Å². The predicted molar refractivity (Wildman–Crippen MR) is 124 cm³/mol. The molecule has 2 fully saturated rings. The lowest BCUT2D eigenvalue weighted by Gasteiger charge is -2.47. The molecule has 3 unspecified atom stereocenters. The van der Waals surface area contributed by atoms with Crippen LogP contribution in [0.2, 0.25) is 0 Å². The maximum absolute atomic E-state index is 14.2. The average molecular weight is 514 g/mol. The largest absolute Gasteiger partial charge is 0.480 e. The van der Waals surface area contributed by atoms with Gasteiger partial charge in [-0.3, -0.25) is 4.79 Å². The predicted octanol–water partition coefficient (Wildman–Crippen LogP) is 3.08. The Bertz CT molecular complexity index is 953. The van der Waals surface area contributed by atoms with Crippen LogP contribution in [-0.4, -0.2) is 65.2 Å². The summed E-state index contributed by atoms with van der Waals surface area (Å²) in [5.41, 5.74) is -0.472. The molecule has 0 bridgehead atoms. The smallest absolute Gasteiger partial charge is 0.403 e. The summed E-state index contributed by atoms with van der Waals surface area (Å²) in [4.78, 5) is 28.8. The molecule has 3 atom stereocenters. The Morgan fingerprint density at radius 3 is 2.78 bits per heavy atom. The van der Waals surface area contributed by atoms with Crippen LogP contribution in [-0.2, 0) is 27.2 Å². The molecule has 1 amide bonds. The number of rotatable bonds is 9. The number of alkyl halides is 3. The number of aliphatic hydroxyl groups excluding tert-OH is 1. The summed E-state index contributed by atoms with van der Waals surface area (Å²) in [7, 11) is 0. The minimum absolute atomic E-state index is 0.0734. The number of aryl methyl sites for hydroxylation is 2. The third-order valence-corrected chi connectivity index (χ3v) is 7.97. The Morgan fingerprint density at radius 2 is 2.08 bits per heavy atom. The second-order valence-electron chi connectivity index (χ2n) is 10.3. The van der Waals surface area contributed by atoms with Gasteiger partial charge in [-0.2, -0.15) is 13.2 Å². The molecule has 0 radical (unpaired) electrons. The van der Waals surface area contributed by atoms with Crippen LogP contribution >= 0.6 is 0 Å². The minimum Gasteiger partial charge on any atom is -0.480 e. The number of aromatic nitrogens is 1. The highest BCUT2D eigenvalue weighted by molar-refractivity contribution is 5.88. The van der Waals surface area contributed by atoms with Gasteiger partial charge in [-0.05, 0) is 74.8 Å². The highest BCUT2D eigenvalue weighted by Crippen LogP contribution is 2.52. The number of fused-ring (bicyclic) bond motifs is 1. The number of ether oxygens (including phenoxy) is 1. The fraction of sp³-hybridized carbons (Fsp3) is 0.720. The molecule has 0 aromatic carbocycles. The standard InChI is InChI=1S/C25H34F3N3O5/c26-25(27,28)24(23(35)31-19(7-10-32)22(33)34)8-11-36-20(14-24)17-12-15(13-17)3-5-18-6-4-16-2-1-9-29-21(16)30-18/h4,6,15,17,19-20,32H,1-3,5,7-14H2,(H,29,30)(H,31,35)(H,33,34). The van der Waals surface area contributed by atoms with Gasteiger partial charge in [-0.25, -0.2) is 9.78 Å². The van der Waals surface area contributed by atoms with E-state index in [1.54, 1.807) is 0 Å². The van der Waals surface area contributed by atoms with Gasteiger partial charge >= 0.3 is 12.1 Å². The van der Waals surface area contributed by atoms with E-state index in [9.17, 15) is 27.9 Å². The first-order chi connectivity index (χ1) is 17.1. The molecule has 1 saturated carbocycles. The maximum Gasteiger partial charge on any atom is 0.403 e. The molecular formula is C25H34F3N3O5. The number of pyridine rings is 1. The Labute approximate surface area is 208 Å². The quantitative estimate of drug-likeness (QED) is 0.401. The van der Waals surface area contributed by atoms with Crippen LogP contribution < -0.4 is 10.6 Å². The third-order valence-electron chi connectivity index (χ3n) is 7.97. The highest BCUT2D eigenvalue weighted by Gasteiger charge is 2.63. The zero-order valence-corrected chi connectivity index (χ0v) is 20.1. The molecule has 2 aliphatic heterocycles. The van der Waals surface area contributed by atoms with Gasteiger partial charge in [0.1, 0.15) is 17.3 Å². The van der Waals surface area contributed by atoms with Crippen molar-refractivity contribution in [1.82, 2.24) is 10.3 Å². The van der Waals surface area contributed by atoms with Gasteiger partial charge in [0.25, 0.3) is 0 Å². The minimum atomic E-state index is -4.85. The summed E-state index contributed by atoms with van der Waals surface area (Å²) in [6.45, 7) is 0.135. The number of aliphatic hydroxyl groups is 1. The van der Waals surface area contributed by atoms with E-state index >= 15 is 0 Å². The van der Waals surface area contributed by atoms with Crippen molar-refractivity contribution in [3.63, 3.8) is 0 Å². The van der Waals surface area contributed by atoms with Crippen molar-refractivity contribution in [1.29, 1.82) is 0 Å². The summed E-state index contributed by atoms with van der Waals surface area (Å²) < 4.78 is 48.4. The number of carboxylic acids is 1. The number of aliphatic carboxylic acids is 1. The van der Waals surface area contributed by atoms with Crippen LogP contribution in [0.15, 0.2) is 12.1 Å². The van der Waals surface area contributed by atoms with E-state index < -0.39 is 55.1 Å². The van der Waals surface area contributed by atoms with Gasteiger partial charge in [-0.15, -0.1) is 0 Å². The number of halogens is 3. The van der Waals surface area contributed by atoms with Crippen molar-refractivity contribution >= 4 is 17.7 Å². The van der Waals surface area contributed by atoms with E-state index in [0.717, 1.165) is 56.6 Å². The monoisotopic (exact) mass is 513 g/mol. The number of anilines is 1. The molecule has 1 saturated heterocycles. The van der Waals surface area contributed by atoms with Crippen molar-refractivity contribution < 1.29 is 37.7 Å². The topological polar surface area (TPSA) is 121 Å².